The van der Waals surface area contributed by atoms with E-state index in [2.05, 4.69) is 5.10 Å². The second-order valence-corrected chi connectivity index (χ2v) is 2.69. The van der Waals surface area contributed by atoms with Crippen LogP contribution >= 0.6 is 0 Å². The smallest absolute Gasteiger partial charge is 0.259 e. The van der Waals surface area contributed by atoms with E-state index in [1.54, 1.807) is 20.0 Å². The lowest BCUT2D eigenvalue weighted by Gasteiger charge is -2.05. The molecule has 0 saturated heterocycles. The SMILES string of the molecule is Cc1cc(C(N)C(F)F)nn1C. The van der Waals surface area contributed by atoms with Crippen LogP contribution < -0.4 is 5.73 Å². The van der Waals surface area contributed by atoms with Gasteiger partial charge in [0.1, 0.15) is 6.04 Å². The zero-order chi connectivity index (χ0) is 9.30. The van der Waals surface area contributed by atoms with E-state index in [0.717, 1.165) is 5.69 Å². The van der Waals surface area contributed by atoms with Crippen LogP contribution in [0.25, 0.3) is 0 Å². The van der Waals surface area contributed by atoms with E-state index in [9.17, 15) is 8.78 Å². The molecule has 0 spiro atoms. The van der Waals surface area contributed by atoms with E-state index in [4.69, 9.17) is 5.73 Å². The van der Waals surface area contributed by atoms with Gasteiger partial charge in [-0.1, -0.05) is 0 Å². The van der Waals surface area contributed by atoms with E-state index in [0.29, 0.717) is 0 Å². The van der Waals surface area contributed by atoms with Crippen molar-refractivity contribution in [3.63, 3.8) is 0 Å². The van der Waals surface area contributed by atoms with Gasteiger partial charge in [0, 0.05) is 12.7 Å². The highest BCUT2D eigenvalue weighted by Gasteiger charge is 2.20. The molecule has 12 heavy (non-hydrogen) atoms. The minimum atomic E-state index is -2.56. The molecule has 0 aliphatic heterocycles. The summed E-state index contributed by atoms with van der Waals surface area (Å²) in [4.78, 5) is 0. The summed E-state index contributed by atoms with van der Waals surface area (Å²) in [6, 6.07) is 0.293. The number of halogens is 2. The number of alkyl halides is 2. The maximum absolute atomic E-state index is 12.1. The highest BCUT2D eigenvalue weighted by molar-refractivity contribution is 5.12. The molecule has 0 fully saturated rings. The first-order valence-electron chi connectivity index (χ1n) is 3.56. The van der Waals surface area contributed by atoms with Crippen LogP contribution in [0.4, 0.5) is 8.78 Å². The van der Waals surface area contributed by atoms with Gasteiger partial charge in [0.05, 0.1) is 5.69 Å². The quantitative estimate of drug-likeness (QED) is 0.728. The largest absolute Gasteiger partial charge is 0.318 e. The van der Waals surface area contributed by atoms with Crippen LogP contribution in [0.5, 0.6) is 0 Å². The van der Waals surface area contributed by atoms with Crippen molar-refractivity contribution >= 4 is 0 Å². The van der Waals surface area contributed by atoms with Gasteiger partial charge in [-0.3, -0.25) is 4.68 Å². The summed E-state index contributed by atoms with van der Waals surface area (Å²) in [6.07, 6.45) is -2.56. The highest BCUT2D eigenvalue weighted by atomic mass is 19.3. The topological polar surface area (TPSA) is 43.8 Å². The molecule has 1 aromatic heterocycles. The van der Waals surface area contributed by atoms with Crippen molar-refractivity contribution in [3.8, 4) is 0 Å². The van der Waals surface area contributed by atoms with Crippen molar-refractivity contribution in [1.29, 1.82) is 0 Å². The first-order chi connectivity index (χ1) is 5.52. The van der Waals surface area contributed by atoms with E-state index in [1.807, 2.05) is 0 Å². The number of rotatable bonds is 2. The molecule has 0 amide bonds. The standard InChI is InChI=1S/C7H11F2N3/c1-4-3-5(11-12(4)2)6(10)7(8)9/h3,6-7H,10H2,1-2H3. The van der Waals surface area contributed by atoms with Crippen LogP contribution in [0.1, 0.15) is 17.4 Å². The van der Waals surface area contributed by atoms with Gasteiger partial charge in [-0.15, -0.1) is 0 Å². The molecule has 1 heterocycles. The van der Waals surface area contributed by atoms with Crippen molar-refractivity contribution in [2.24, 2.45) is 12.8 Å². The summed E-state index contributed by atoms with van der Waals surface area (Å²) in [5, 5.41) is 3.84. The molecule has 1 rings (SSSR count). The van der Waals surface area contributed by atoms with Crippen molar-refractivity contribution in [1.82, 2.24) is 9.78 Å². The zero-order valence-electron chi connectivity index (χ0n) is 6.96. The van der Waals surface area contributed by atoms with E-state index < -0.39 is 12.5 Å². The molecule has 1 aromatic rings. The van der Waals surface area contributed by atoms with E-state index in [1.165, 1.54) is 4.68 Å². The summed E-state index contributed by atoms with van der Waals surface area (Å²) in [7, 11) is 1.69. The van der Waals surface area contributed by atoms with Gasteiger partial charge in [0.2, 0.25) is 0 Å². The normalized spacial score (nSPS) is 13.8. The molecular weight excluding hydrogens is 164 g/mol. The summed E-state index contributed by atoms with van der Waals surface area (Å²) < 4.78 is 25.7. The molecule has 0 aliphatic rings. The van der Waals surface area contributed by atoms with Crippen molar-refractivity contribution in [3.05, 3.63) is 17.5 Å². The molecule has 1 unspecified atom stereocenters. The van der Waals surface area contributed by atoms with Crippen molar-refractivity contribution in [2.45, 2.75) is 19.4 Å². The first-order valence-corrected chi connectivity index (χ1v) is 3.56. The first kappa shape index (κ1) is 9.12. The monoisotopic (exact) mass is 175 g/mol. The maximum atomic E-state index is 12.1. The Morgan fingerprint density at radius 3 is 2.50 bits per heavy atom. The lowest BCUT2D eigenvalue weighted by Crippen LogP contribution is -2.19. The molecule has 0 aromatic carbocycles. The van der Waals surface area contributed by atoms with Gasteiger partial charge in [-0.05, 0) is 13.0 Å². The fourth-order valence-corrected chi connectivity index (χ4v) is 0.880. The maximum Gasteiger partial charge on any atom is 0.259 e. The molecule has 5 heteroatoms. The van der Waals surface area contributed by atoms with Gasteiger partial charge in [-0.25, -0.2) is 8.78 Å². The highest BCUT2D eigenvalue weighted by Crippen LogP contribution is 2.16. The van der Waals surface area contributed by atoms with Gasteiger partial charge in [-0.2, -0.15) is 5.10 Å². The fourth-order valence-electron chi connectivity index (χ4n) is 0.880. The lowest BCUT2D eigenvalue weighted by atomic mass is 10.2. The number of aryl methyl sites for hydroxylation is 2. The summed E-state index contributed by atoms with van der Waals surface area (Å²) in [6.45, 7) is 1.79. The average molecular weight is 175 g/mol. The van der Waals surface area contributed by atoms with Crippen molar-refractivity contribution in [2.75, 3.05) is 0 Å². The Bertz CT molecular complexity index is 250. The van der Waals surface area contributed by atoms with Crippen LogP contribution in [0.15, 0.2) is 6.07 Å². The Morgan fingerprint density at radius 1 is 1.58 bits per heavy atom. The molecule has 0 radical (unpaired) electrons. The Hall–Kier alpha value is -0.970. The molecule has 0 bridgehead atoms. The van der Waals surface area contributed by atoms with Crippen LogP contribution in [-0.2, 0) is 7.05 Å². The third-order valence-electron chi connectivity index (χ3n) is 1.75. The fraction of sp³-hybridized carbons (Fsp3) is 0.571. The van der Waals surface area contributed by atoms with Crippen LogP contribution in [0.2, 0.25) is 0 Å². The predicted octanol–water partition coefficient (Wildman–Crippen LogP) is 0.993. The van der Waals surface area contributed by atoms with Crippen LogP contribution in [-0.4, -0.2) is 16.2 Å². The predicted molar refractivity (Wildman–Crippen MR) is 40.9 cm³/mol. The molecule has 3 nitrogen and oxygen atoms in total. The van der Waals surface area contributed by atoms with Gasteiger partial charge in [0.15, 0.2) is 0 Å². The molecule has 2 N–H and O–H groups in total. The van der Waals surface area contributed by atoms with E-state index in [-0.39, 0.29) is 5.69 Å². The average Bonchev–Trinajstić information content (AvgIpc) is 2.30. The Morgan fingerprint density at radius 2 is 2.17 bits per heavy atom. The number of nitrogens with two attached hydrogens (primary N) is 1. The summed E-state index contributed by atoms with van der Waals surface area (Å²) in [5.41, 5.74) is 6.26. The number of nitrogens with zero attached hydrogens (tertiary/aromatic N) is 2. The van der Waals surface area contributed by atoms with Crippen molar-refractivity contribution < 1.29 is 8.78 Å². The molecular formula is C7H11F2N3. The number of hydrogen-bond acceptors (Lipinski definition) is 2. The summed E-state index contributed by atoms with van der Waals surface area (Å²) in [5.74, 6) is 0. The van der Waals surface area contributed by atoms with Gasteiger partial charge in [0.25, 0.3) is 6.43 Å². The molecule has 0 aliphatic carbocycles. The molecule has 68 valence electrons. The van der Waals surface area contributed by atoms with Crippen LogP contribution in [0.3, 0.4) is 0 Å². The molecule has 0 saturated carbocycles. The number of hydrogen-bond donors (Lipinski definition) is 1. The Balaban J connectivity index is 2.89. The van der Waals surface area contributed by atoms with Gasteiger partial charge >= 0.3 is 0 Å². The third-order valence-corrected chi connectivity index (χ3v) is 1.75. The van der Waals surface area contributed by atoms with Gasteiger partial charge < -0.3 is 5.73 Å². The second kappa shape index (κ2) is 3.18. The Labute approximate surface area is 69.2 Å². The summed E-state index contributed by atoms with van der Waals surface area (Å²) >= 11 is 0. The second-order valence-electron chi connectivity index (χ2n) is 2.69. The minimum absolute atomic E-state index is 0.241. The minimum Gasteiger partial charge on any atom is -0.318 e. The van der Waals surface area contributed by atoms with E-state index >= 15 is 0 Å². The Kier molecular flexibility index (Phi) is 2.42. The zero-order valence-corrected chi connectivity index (χ0v) is 6.96. The number of aromatic nitrogens is 2. The lowest BCUT2D eigenvalue weighted by molar-refractivity contribution is 0.114. The molecule has 1 atom stereocenters. The third kappa shape index (κ3) is 1.61. The van der Waals surface area contributed by atoms with Crippen LogP contribution in [0, 0.1) is 6.92 Å².